The molecule has 1 saturated heterocycles. The van der Waals surface area contributed by atoms with Gasteiger partial charge in [-0.3, -0.25) is 14.3 Å². The summed E-state index contributed by atoms with van der Waals surface area (Å²) in [5.74, 6) is 1.01. The van der Waals surface area contributed by atoms with Gasteiger partial charge in [-0.15, -0.1) is 0 Å². The van der Waals surface area contributed by atoms with Crippen molar-refractivity contribution in [3.05, 3.63) is 64.3 Å². The molecule has 35 heavy (non-hydrogen) atoms. The van der Waals surface area contributed by atoms with Crippen molar-refractivity contribution in [2.24, 2.45) is 7.05 Å². The second-order valence-corrected chi connectivity index (χ2v) is 8.84. The fourth-order valence-corrected chi connectivity index (χ4v) is 4.26. The minimum absolute atomic E-state index is 0.0434. The van der Waals surface area contributed by atoms with Crippen molar-refractivity contribution in [1.82, 2.24) is 24.7 Å². The molecule has 1 atom stereocenters. The summed E-state index contributed by atoms with van der Waals surface area (Å²) >= 11 is 0. The lowest BCUT2D eigenvalue weighted by atomic mass is 10.2. The van der Waals surface area contributed by atoms with Gasteiger partial charge in [0.1, 0.15) is 23.7 Å². The maximum Gasteiger partial charge on any atom is 0.272 e. The van der Waals surface area contributed by atoms with Crippen LogP contribution in [0.4, 0.5) is 0 Å². The predicted molar refractivity (Wildman–Crippen MR) is 127 cm³/mol. The fraction of sp³-hybridized carbons (Fsp3) is 0.440. The molecule has 2 amide bonds. The molecule has 3 heterocycles. The monoisotopic (exact) mass is 481 g/mol. The largest absolute Gasteiger partial charge is 0.497 e. The normalized spacial score (nSPS) is 16.5. The van der Waals surface area contributed by atoms with Gasteiger partial charge in [0.2, 0.25) is 5.91 Å². The van der Waals surface area contributed by atoms with E-state index in [0.717, 1.165) is 28.3 Å². The van der Waals surface area contributed by atoms with Gasteiger partial charge >= 0.3 is 0 Å². The molecule has 0 spiro atoms. The Morgan fingerprint density at radius 1 is 1.20 bits per heavy atom. The molecule has 186 valence electrons. The van der Waals surface area contributed by atoms with Crippen LogP contribution in [0.2, 0.25) is 0 Å². The Labute approximate surface area is 204 Å². The Morgan fingerprint density at radius 2 is 2.00 bits per heavy atom. The van der Waals surface area contributed by atoms with E-state index in [1.165, 1.54) is 0 Å². The molecule has 0 radical (unpaired) electrons. The van der Waals surface area contributed by atoms with Crippen LogP contribution in [0.15, 0.2) is 34.9 Å². The summed E-state index contributed by atoms with van der Waals surface area (Å²) in [7, 11) is 3.33. The lowest BCUT2D eigenvalue weighted by Gasteiger charge is -2.25. The molecule has 0 bridgehead atoms. The van der Waals surface area contributed by atoms with Gasteiger partial charge in [0, 0.05) is 32.2 Å². The van der Waals surface area contributed by atoms with Gasteiger partial charge in [-0.25, -0.2) is 0 Å². The molecule has 4 rings (SSSR count). The fourth-order valence-electron chi connectivity index (χ4n) is 4.26. The van der Waals surface area contributed by atoms with Gasteiger partial charge in [0.15, 0.2) is 0 Å². The van der Waals surface area contributed by atoms with Crippen molar-refractivity contribution in [3.8, 4) is 5.75 Å². The molecule has 10 nitrogen and oxygen atoms in total. The Hall–Kier alpha value is -3.66. The minimum atomic E-state index is -0.404. The molecule has 0 saturated carbocycles. The number of nitrogens with zero attached hydrogens (tertiary/aromatic N) is 5. The van der Waals surface area contributed by atoms with Gasteiger partial charge in [0.05, 0.1) is 31.2 Å². The second-order valence-electron chi connectivity index (χ2n) is 8.84. The number of benzene rings is 1. The number of methoxy groups -OCH3 is 1. The number of hydrogen-bond donors (Lipinski definition) is 0. The van der Waals surface area contributed by atoms with E-state index in [1.807, 2.05) is 45.0 Å². The first-order chi connectivity index (χ1) is 16.7. The van der Waals surface area contributed by atoms with E-state index in [-0.39, 0.29) is 31.5 Å². The van der Waals surface area contributed by atoms with Gasteiger partial charge in [0.25, 0.3) is 5.91 Å². The summed E-state index contributed by atoms with van der Waals surface area (Å²) in [6, 6.07) is 9.33. The quantitative estimate of drug-likeness (QED) is 0.511. The van der Waals surface area contributed by atoms with Crippen LogP contribution in [0.3, 0.4) is 0 Å². The van der Waals surface area contributed by atoms with E-state index in [4.69, 9.17) is 14.0 Å². The first-order valence-electron chi connectivity index (χ1n) is 11.5. The lowest BCUT2D eigenvalue weighted by molar-refractivity contribution is -0.132. The number of rotatable bonds is 7. The minimum Gasteiger partial charge on any atom is -0.497 e. The molecular weight excluding hydrogens is 450 g/mol. The van der Waals surface area contributed by atoms with Crippen molar-refractivity contribution in [2.45, 2.75) is 40.0 Å². The molecule has 0 N–H and O–H groups in total. The third kappa shape index (κ3) is 5.54. The maximum absolute atomic E-state index is 13.4. The molecule has 10 heteroatoms. The molecule has 1 aliphatic rings. The highest BCUT2D eigenvalue weighted by Crippen LogP contribution is 2.20. The molecule has 2 aromatic heterocycles. The summed E-state index contributed by atoms with van der Waals surface area (Å²) < 4.78 is 18.4. The van der Waals surface area contributed by atoms with E-state index in [2.05, 4.69) is 10.3 Å². The van der Waals surface area contributed by atoms with Crippen LogP contribution in [-0.4, -0.2) is 69.4 Å². The van der Waals surface area contributed by atoms with E-state index in [1.54, 1.807) is 34.7 Å². The van der Waals surface area contributed by atoms with Gasteiger partial charge in [-0.05, 0) is 44.5 Å². The number of ether oxygens (including phenoxy) is 2. The third-order valence-electron chi connectivity index (χ3n) is 6.19. The molecule has 1 aliphatic heterocycles. The first-order valence-corrected chi connectivity index (χ1v) is 11.5. The second kappa shape index (κ2) is 10.3. The number of carbonyl (C=O) groups excluding carboxylic acids is 2. The molecule has 0 unspecified atom stereocenters. The van der Waals surface area contributed by atoms with Gasteiger partial charge in [-0.1, -0.05) is 17.3 Å². The van der Waals surface area contributed by atoms with E-state index in [0.29, 0.717) is 24.5 Å². The number of amides is 2. The number of aryl methyl sites for hydroxylation is 4. The average Bonchev–Trinajstić information content (AvgIpc) is 3.29. The smallest absolute Gasteiger partial charge is 0.272 e. The van der Waals surface area contributed by atoms with E-state index in [9.17, 15) is 9.59 Å². The van der Waals surface area contributed by atoms with Crippen LogP contribution in [0.1, 0.15) is 38.8 Å². The Morgan fingerprint density at radius 3 is 2.66 bits per heavy atom. The summed E-state index contributed by atoms with van der Waals surface area (Å²) in [5, 5.41) is 8.27. The summed E-state index contributed by atoms with van der Waals surface area (Å²) in [6.45, 7) is 6.76. The Bertz CT molecular complexity index is 1200. The Kier molecular flexibility index (Phi) is 7.20. The van der Waals surface area contributed by atoms with Crippen LogP contribution in [0.5, 0.6) is 5.75 Å². The summed E-state index contributed by atoms with van der Waals surface area (Å²) in [6.07, 6.45) is -0.404. The van der Waals surface area contributed by atoms with E-state index >= 15 is 0 Å². The van der Waals surface area contributed by atoms with Crippen molar-refractivity contribution in [2.75, 3.05) is 26.7 Å². The molecule has 3 aromatic rings. The highest BCUT2D eigenvalue weighted by molar-refractivity contribution is 5.95. The predicted octanol–water partition coefficient (Wildman–Crippen LogP) is 2.41. The van der Waals surface area contributed by atoms with Crippen molar-refractivity contribution in [3.63, 3.8) is 0 Å². The topological polar surface area (TPSA) is 103 Å². The summed E-state index contributed by atoms with van der Waals surface area (Å²) in [4.78, 5) is 29.9. The van der Waals surface area contributed by atoms with Crippen molar-refractivity contribution in [1.29, 1.82) is 0 Å². The zero-order chi connectivity index (χ0) is 25.1. The van der Waals surface area contributed by atoms with Gasteiger partial charge < -0.3 is 23.8 Å². The van der Waals surface area contributed by atoms with Crippen molar-refractivity contribution < 1.29 is 23.6 Å². The molecular formula is C25H31N5O5. The van der Waals surface area contributed by atoms with Gasteiger partial charge in [-0.2, -0.15) is 5.10 Å². The number of aromatic nitrogens is 3. The standard InChI is InChI=1S/C25H31N5O5/c1-16-9-23(28(4)26-16)25(32)30-13-21(34-15-22-17(2)27-35-18(22)3)12-29(24(31)14-30)11-19-7-6-8-20(10-19)33-5/h6-10,21H,11-15H2,1-5H3/t21-/m1/s1. The highest BCUT2D eigenvalue weighted by Gasteiger charge is 2.33. The first kappa shape index (κ1) is 24.5. The van der Waals surface area contributed by atoms with E-state index < -0.39 is 6.10 Å². The highest BCUT2D eigenvalue weighted by atomic mass is 16.5. The summed E-state index contributed by atoms with van der Waals surface area (Å²) in [5.41, 5.74) is 3.74. The molecule has 1 aromatic carbocycles. The van der Waals surface area contributed by atoms with Crippen LogP contribution < -0.4 is 4.74 Å². The Balaban J connectivity index is 1.58. The number of hydrogen-bond acceptors (Lipinski definition) is 7. The lowest BCUT2D eigenvalue weighted by Crippen LogP contribution is -2.40. The SMILES string of the molecule is COc1cccc(CN2C[C@@H](OCc3c(C)noc3C)CN(C(=O)c3cc(C)nn3C)CC2=O)c1. The maximum atomic E-state index is 13.4. The van der Waals surface area contributed by atoms with Crippen LogP contribution in [-0.2, 0) is 29.7 Å². The van der Waals surface area contributed by atoms with Crippen LogP contribution in [0, 0.1) is 20.8 Å². The number of carbonyl (C=O) groups is 2. The zero-order valence-electron chi connectivity index (χ0n) is 20.8. The zero-order valence-corrected chi connectivity index (χ0v) is 20.8. The molecule has 1 fully saturated rings. The molecule has 0 aliphatic carbocycles. The van der Waals surface area contributed by atoms with Crippen molar-refractivity contribution >= 4 is 11.8 Å². The van der Waals surface area contributed by atoms with Crippen LogP contribution >= 0.6 is 0 Å². The average molecular weight is 482 g/mol. The van der Waals surface area contributed by atoms with Crippen LogP contribution in [0.25, 0.3) is 0 Å². The third-order valence-corrected chi connectivity index (χ3v) is 6.19.